The molecule has 1 aliphatic rings. The molecule has 1 aliphatic heterocycles. The van der Waals surface area contributed by atoms with Crippen LogP contribution in [0.25, 0.3) is 0 Å². The summed E-state index contributed by atoms with van der Waals surface area (Å²) in [6, 6.07) is 0.397. The lowest BCUT2D eigenvalue weighted by Crippen LogP contribution is -2.50. The maximum Gasteiger partial charge on any atom is 0.191 e. The lowest BCUT2D eigenvalue weighted by molar-refractivity contribution is 0.0389. The Bertz CT molecular complexity index is 401. The zero-order valence-corrected chi connectivity index (χ0v) is 19.1. The van der Waals surface area contributed by atoms with Gasteiger partial charge in [-0.2, -0.15) is 0 Å². The van der Waals surface area contributed by atoms with Gasteiger partial charge >= 0.3 is 0 Å². The van der Waals surface area contributed by atoms with E-state index in [9.17, 15) is 0 Å². The van der Waals surface area contributed by atoms with Gasteiger partial charge in [-0.05, 0) is 5.92 Å². The highest BCUT2D eigenvalue weighted by atomic mass is 127. The van der Waals surface area contributed by atoms with Gasteiger partial charge in [0.1, 0.15) is 0 Å². The molecule has 1 rings (SSSR count). The van der Waals surface area contributed by atoms with E-state index in [1.165, 1.54) is 0 Å². The Morgan fingerprint density at radius 3 is 2.31 bits per heavy atom. The first-order valence-electron chi connectivity index (χ1n) is 9.32. The van der Waals surface area contributed by atoms with Gasteiger partial charge in [0, 0.05) is 58.9 Å². The number of nitrogens with one attached hydrogen (secondary N) is 2. The molecule has 0 saturated carbocycles. The molecule has 1 atom stereocenters. The summed E-state index contributed by atoms with van der Waals surface area (Å²) in [7, 11) is 1.82. The number of rotatable bonds is 11. The Morgan fingerprint density at radius 1 is 1.19 bits per heavy atom. The maximum atomic E-state index is 5.38. The lowest BCUT2D eigenvalue weighted by atomic mass is 10.0. The number of hydrogen-bond acceptors (Lipinski definition) is 4. The molecule has 0 amide bonds. The number of nitrogens with zero attached hydrogens (tertiary/aromatic N) is 3. The van der Waals surface area contributed by atoms with Crippen LogP contribution in [0.15, 0.2) is 30.3 Å². The Kier molecular flexibility index (Phi) is 15.0. The van der Waals surface area contributed by atoms with E-state index < -0.39 is 0 Å². The Hall–Kier alpha value is -0.640. The molecule has 1 saturated heterocycles. The summed E-state index contributed by atoms with van der Waals surface area (Å²) in [6.07, 6.45) is 3.91. The Morgan fingerprint density at radius 2 is 1.81 bits per heavy atom. The summed E-state index contributed by atoms with van der Waals surface area (Å²) in [5.74, 6) is 1.38. The van der Waals surface area contributed by atoms with E-state index in [2.05, 4.69) is 52.4 Å². The van der Waals surface area contributed by atoms with Gasteiger partial charge in [0.15, 0.2) is 5.96 Å². The first kappa shape index (κ1) is 25.4. The van der Waals surface area contributed by atoms with E-state index in [4.69, 9.17) is 4.74 Å². The average molecular weight is 479 g/mol. The summed E-state index contributed by atoms with van der Waals surface area (Å²) < 4.78 is 5.38. The molecule has 152 valence electrons. The Labute approximate surface area is 177 Å². The number of halogens is 1. The van der Waals surface area contributed by atoms with E-state index >= 15 is 0 Å². The van der Waals surface area contributed by atoms with Gasteiger partial charge < -0.3 is 15.4 Å². The molecule has 0 aromatic heterocycles. The largest absolute Gasteiger partial charge is 0.379 e. The van der Waals surface area contributed by atoms with Crippen LogP contribution < -0.4 is 10.6 Å². The summed E-state index contributed by atoms with van der Waals surface area (Å²) in [5.41, 5.74) is 0. The molecule has 0 bridgehead atoms. The van der Waals surface area contributed by atoms with E-state index in [0.717, 1.165) is 65.0 Å². The second-order valence-corrected chi connectivity index (χ2v) is 6.68. The topological polar surface area (TPSA) is 52.1 Å². The third kappa shape index (κ3) is 9.89. The van der Waals surface area contributed by atoms with Crippen molar-refractivity contribution in [1.82, 2.24) is 20.4 Å². The van der Waals surface area contributed by atoms with E-state index in [1.54, 1.807) is 0 Å². The predicted molar refractivity (Wildman–Crippen MR) is 123 cm³/mol. The predicted octanol–water partition coefficient (Wildman–Crippen LogP) is 1.80. The fourth-order valence-corrected chi connectivity index (χ4v) is 3.04. The molecule has 1 heterocycles. The van der Waals surface area contributed by atoms with E-state index in [1.807, 2.05) is 19.2 Å². The summed E-state index contributed by atoms with van der Waals surface area (Å²) in [6.45, 7) is 20.4. The minimum Gasteiger partial charge on any atom is -0.379 e. The number of ether oxygens (including phenoxy) is 1. The molecule has 0 radical (unpaired) electrons. The second-order valence-electron chi connectivity index (χ2n) is 6.68. The first-order chi connectivity index (χ1) is 12.1. The summed E-state index contributed by atoms with van der Waals surface area (Å²) >= 11 is 0. The van der Waals surface area contributed by atoms with Gasteiger partial charge in [0.25, 0.3) is 0 Å². The maximum absolute atomic E-state index is 5.38. The molecule has 2 N–H and O–H groups in total. The fourth-order valence-electron chi connectivity index (χ4n) is 3.04. The van der Waals surface area contributed by atoms with Crippen LogP contribution in [0, 0.1) is 5.92 Å². The minimum absolute atomic E-state index is 0. The van der Waals surface area contributed by atoms with Gasteiger partial charge in [-0.3, -0.25) is 14.8 Å². The molecule has 7 heteroatoms. The molecule has 0 spiro atoms. The molecule has 0 aromatic carbocycles. The van der Waals surface area contributed by atoms with Crippen molar-refractivity contribution in [3.05, 3.63) is 25.3 Å². The van der Waals surface area contributed by atoms with Crippen molar-refractivity contribution in [2.24, 2.45) is 10.9 Å². The van der Waals surface area contributed by atoms with Crippen molar-refractivity contribution in [2.45, 2.75) is 19.9 Å². The fraction of sp³-hybridized carbons (Fsp3) is 0.737. The first-order valence-corrected chi connectivity index (χ1v) is 9.32. The molecule has 1 unspecified atom stereocenters. The monoisotopic (exact) mass is 479 g/mol. The third-order valence-corrected chi connectivity index (χ3v) is 4.49. The third-order valence-electron chi connectivity index (χ3n) is 4.49. The molecular formula is C19H38IN5O. The van der Waals surface area contributed by atoms with Gasteiger partial charge in [-0.15, -0.1) is 37.1 Å². The zero-order valence-electron chi connectivity index (χ0n) is 16.7. The van der Waals surface area contributed by atoms with Crippen LogP contribution in [0.1, 0.15) is 13.8 Å². The lowest BCUT2D eigenvalue weighted by Gasteiger charge is -2.33. The van der Waals surface area contributed by atoms with Crippen LogP contribution in [0.5, 0.6) is 0 Å². The number of hydrogen-bond donors (Lipinski definition) is 2. The van der Waals surface area contributed by atoms with Gasteiger partial charge in [0.05, 0.1) is 13.2 Å². The summed E-state index contributed by atoms with van der Waals surface area (Å²) in [4.78, 5) is 9.15. The molecule has 1 fully saturated rings. The van der Waals surface area contributed by atoms with Gasteiger partial charge in [-0.25, -0.2) is 0 Å². The van der Waals surface area contributed by atoms with Crippen LogP contribution in [0.4, 0.5) is 0 Å². The van der Waals surface area contributed by atoms with Crippen molar-refractivity contribution in [1.29, 1.82) is 0 Å². The van der Waals surface area contributed by atoms with Gasteiger partial charge in [-0.1, -0.05) is 26.0 Å². The molecule has 0 aliphatic carbocycles. The van der Waals surface area contributed by atoms with E-state index in [-0.39, 0.29) is 24.0 Å². The van der Waals surface area contributed by atoms with E-state index in [0.29, 0.717) is 12.0 Å². The quantitative estimate of drug-likeness (QED) is 0.205. The van der Waals surface area contributed by atoms with Crippen LogP contribution in [0.3, 0.4) is 0 Å². The zero-order chi connectivity index (χ0) is 18.5. The van der Waals surface area contributed by atoms with Gasteiger partial charge in [0.2, 0.25) is 0 Å². The molecule has 0 aromatic rings. The number of morpholine rings is 1. The van der Waals surface area contributed by atoms with Crippen LogP contribution >= 0.6 is 24.0 Å². The highest BCUT2D eigenvalue weighted by Crippen LogP contribution is 2.10. The van der Waals surface area contributed by atoms with Crippen LogP contribution in [0.2, 0.25) is 0 Å². The van der Waals surface area contributed by atoms with Crippen molar-refractivity contribution in [3.8, 4) is 0 Å². The highest BCUT2D eigenvalue weighted by molar-refractivity contribution is 14.0. The van der Waals surface area contributed by atoms with Crippen molar-refractivity contribution < 1.29 is 4.74 Å². The van der Waals surface area contributed by atoms with Crippen molar-refractivity contribution >= 4 is 29.9 Å². The molecular weight excluding hydrogens is 441 g/mol. The highest BCUT2D eigenvalue weighted by Gasteiger charge is 2.20. The van der Waals surface area contributed by atoms with Crippen molar-refractivity contribution in [3.63, 3.8) is 0 Å². The minimum atomic E-state index is 0. The number of aliphatic imine (C=N–C) groups is 1. The summed E-state index contributed by atoms with van der Waals surface area (Å²) in [5, 5.41) is 6.88. The SMILES string of the molecule is C=CCN(CC=C)C(CNC(=NC)NCCN1CCOCC1)C(C)C.I. The van der Waals surface area contributed by atoms with Crippen LogP contribution in [-0.2, 0) is 4.74 Å². The van der Waals surface area contributed by atoms with Crippen molar-refractivity contribution in [2.75, 3.05) is 66.1 Å². The van der Waals surface area contributed by atoms with Crippen LogP contribution in [-0.4, -0.2) is 87.9 Å². The standard InChI is InChI=1S/C19H37N5O.HI/c1-6-9-24(10-7-2)18(17(3)4)16-22-19(20-5)21-8-11-23-12-14-25-15-13-23;/h6-7,17-18H,1-2,8-16H2,3-5H3,(H2,20,21,22);1H. The normalized spacial score (nSPS) is 16.9. The smallest absolute Gasteiger partial charge is 0.191 e. The molecule has 6 nitrogen and oxygen atoms in total. The second kappa shape index (κ2) is 15.4. The molecule has 26 heavy (non-hydrogen) atoms. The average Bonchev–Trinajstić information content (AvgIpc) is 2.61. The Balaban J connectivity index is 0.00000625. The number of guanidine groups is 1.